The first-order valence-corrected chi connectivity index (χ1v) is 6.26. The second-order valence-electron chi connectivity index (χ2n) is 4.59. The molecule has 0 aromatic heterocycles. The van der Waals surface area contributed by atoms with Crippen LogP contribution in [0.5, 0.6) is 0 Å². The third-order valence-corrected chi connectivity index (χ3v) is 3.41. The van der Waals surface area contributed by atoms with Crippen LogP contribution in [0.4, 0.5) is 0 Å². The number of benzene rings is 1. The minimum Gasteiger partial charge on any atom is -0.660 e. The van der Waals surface area contributed by atoms with Crippen molar-refractivity contribution in [1.29, 1.82) is 0 Å². The van der Waals surface area contributed by atoms with Gasteiger partial charge in [0, 0.05) is 11.8 Å². The molecule has 1 aliphatic rings. The number of piperazine rings is 1. The number of hydrogen-bond donors (Lipinski definition) is 0. The van der Waals surface area contributed by atoms with Crippen LogP contribution >= 0.6 is 0 Å². The normalized spacial score (nSPS) is 19.2. The number of hydrogen-bond acceptors (Lipinski definition) is 3. The minimum absolute atomic E-state index is 0. The SMILES string of the molecule is CC(C(c1ccccc1)N1CC[N-]CC1)[N+](=O)[O-].[K+]. The molecule has 0 bridgehead atoms. The second-order valence-corrected chi connectivity index (χ2v) is 4.59. The zero-order chi connectivity index (χ0) is 13.0. The van der Waals surface area contributed by atoms with Crippen molar-refractivity contribution in [3.63, 3.8) is 0 Å². The first-order chi connectivity index (χ1) is 8.70. The number of nitro groups is 1. The van der Waals surface area contributed by atoms with Gasteiger partial charge in [0.15, 0.2) is 0 Å². The van der Waals surface area contributed by atoms with Crippen LogP contribution in [0, 0.1) is 10.1 Å². The number of rotatable bonds is 4. The molecule has 2 atom stereocenters. The minimum atomic E-state index is -0.606. The third-order valence-electron chi connectivity index (χ3n) is 3.41. The predicted octanol–water partition coefficient (Wildman–Crippen LogP) is -0.914. The van der Waals surface area contributed by atoms with Gasteiger partial charge in [-0.2, -0.15) is 0 Å². The van der Waals surface area contributed by atoms with E-state index < -0.39 is 6.04 Å². The van der Waals surface area contributed by atoms with Crippen molar-refractivity contribution >= 4 is 0 Å². The summed E-state index contributed by atoms with van der Waals surface area (Å²) in [6, 6.07) is 8.98. The fraction of sp³-hybridized carbons (Fsp3) is 0.538. The van der Waals surface area contributed by atoms with E-state index in [4.69, 9.17) is 0 Å². The van der Waals surface area contributed by atoms with Gasteiger partial charge in [0.2, 0.25) is 6.04 Å². The van der Waals surface area contributed by atoms with Crippen molar-refractivity contribution < 1.29 is 56.3 Å². The van der Waals surface area contributed by atoms with Gasteiger partial charge in [-0.25, -0.2) is 0 Å². The van der Waals surface area contributed by atoms with E-state index in [-0.39, 0.29) is 62.3 Å². The van der Waals surface area contributed by atoms with E-state index in [0.29, 0.717) is 0 Å². The Kier molecular flexibility index (Phi) is 7.67. The fourth-order valence-electron chi connectivity index (χ4n) is 2.46. The average molecular weight is 287 g/mol. The van der Waals surface area contributed by atoms with Gasteiger partial charge in [-0.3, -0.25) is 15.0 Å². The van der Waals surface area contributed by atoms with Crippen molar-refractivity contribution in [2.45, 2.75) is 19.0 Å². The number of nitrogens with zero attached hydrogens (tertiary/aromatic N) is 3. The summed E-state index contributed by atoms with van der Waals surface area (Å²) < 4.78 is 0. The molecule has 2 unspecified atom stereocenters. The van der Waals surface area contributed by atoms with Gasteiger partial charge in [0.05, 0.1) is 0 Å². The van der Waals surface area contributed by atoms with Crippen LogP contribution < -0.4 is 51.4 Å². The summed E-state index contributed by atoms with van der Waals surface area (Å²) in [5.41, 5.74) is 1.02. The molecule has 19 heavy (non-hydrogen) atoms. The van der Waals surface area contributed by atoms with Gasteiger partial charge >= 0.3 is 51.4 Å². The summed E-state index contributed by atoms with van der Waals surface area (Å²) in [4.78, 5) is 13.1. The van der Waals surface area contributed by atoms with E-state index in [2.05, 4.69) is 10.2 Å². The monoisotopic (exact) mass is 287 g/mol. The van der Waals surface area contributed by atoms with Crippen LogP contribution in [0.3, 0.4) is 0 Å². The molecular formula is C13H18KN3O2. The van der Waals surface area contributed by atoms with Crippen LogP contribution in [-0.2, 0) is 0 Å². The molecule has 0 spiro atoms. The third kappa shape index (κ3) is 4.59. The molecule has 6 heteroatoms. The molecule has 1 fully saturated rings. The molecule has 0 saturated carbocycles. The van der Waals surface area contributed by atoms with Gasteiger partial charge in [-0.05, 0) is 18.7 Å². The van der Waals surface area contributed by atoms with Gasteiger partial charge in [0.25, 0.3) is 0 Å². The van der Waals surface area contributed by atoms with E-state index in [1.165, 1.54) is 0 Å². The van der Waals surface area contributed by atoms with Crippen molar-refractivity contribution in [2.75, 3.05) is 26.2 Å². The molecule has 1 saturated heterocycles. The fourth-order valence-corrected chi connectivity index (χ4v) is 2.46. The van der Waals surface area contributed by atoms with E-state index >= 15 is 0 Å². The summed E-state index contributed by atoms with van der Waals surface area (Å²) in [6.45, 7) is 4.83. The Labute approximate surface area is 156 Å². The smallest absolute Gasteiger partial charge is 0.660 e. The van der Waals surface area contributed by atoms with Gasteiger partial charge in [0.1, 0.15) is 6.04 Å². The molecule has 0 N–H and O–H groups in total. The maximum atomic E-state index is 11.1. The van der Waals surface area contributed by atoms with Crippen molar-refractivity contribution in [3.8, 4) is 0 Å². The van der Waals surface area contributed by atoms with Gasteiger partial charge in [-0.1, -0.05) is 30.3 Å². The molecule has 0 amide bonds. The maximum Gasteiger partial charge on any atom is 1.00 e. The quantitative estimate of drug-likeness (QED) is 0.409. The topological polar surface area (TPSA) is 60.5 Å². The van der Waals surface area contributed by atoms with E-state index in [0.717, 1.165) is 31.7 Å². The first-order valence-electron chi connectivity index (χ1n) is 6.26. The Hall–Kier alpha value is 0.176. The Morgan fingerprint density at radius 1 is 1.26 bits per heavy atom. The zero-order valence-electron chi connectivity index (χ0n) is 11.5. The summed E-state index contributed by atoms with van der Waals surface area (Å²) >= 11 is 0. The molecule has 1 aromatic rings. The van der Waals surface area contributed by atoms with Gasteiger partial charge < -0.3 is 5.32 Å². The van der Waals surface area contributed by atoms with E-state index in [9.17, 15) is 10.1 Å². The molecule has 2 rings (SSSR count). The molecule has 1 aliphatic heterocycles. The standard InChI is InChI=1S/C13H18N3O2.K/c1-11(16(17)18)13(12-5-3-2-4-6-12)15-9-7-14-8-10-15;/h2-6,11,13H,7-10H2,1H3;/q-1;+1. The van der Waals surface area contributed by atoms with Crippen LogP contribution in [-0.4, -0.2) is 42.0 Å². The average Bonchev–Trinajstić information content (AvgIpc) is 2.41. The van der Waals surface area contributed by atoms with Crippen LogP contribution in [0.15, 0.2) is 30.3 Å². The van der Waals surface area contributed by atoms with Crippen LogP contribution in [0.2, 0.25) is 0 Å². The first kappa shape index (κ1) is 17.2. The van der Waals surface area contributed by atoms with E-state index in [1.807, 2.05) is 30.3 Å². The van der Waals surface area contributed by atoms with Gasteiger partial charge in [-0.15, -0.1) is 13.1 Å². The largest absolute Gasteiger partial charge is 1.00 e. The Morgan fingerprint density at radius 3 is 2.37 bits per heavy atom. The zero-order valence-corrected chi connectivity index (χ0v) is 14.7. The van der Waals surface area contributed by atoms with Crippen molar-refractivity contribution in [1.82, 2.24) is 4.90 Å². The molecule has 98 valence electrons. The van der Waals surface area contributed by atoms with Crippen LogP contribution in [0.25, 0.3) is 5.32 Å². The summed E-state index contributed by atoms with van der Waals surface area (Å²) in [7, 11) is 0. The Balaban J connectivity index is 0.00000180. The summed E-state index contributed by atoms with van der Waals surface area (Å²) in [5, 5.41) is 15.4. The molecule has 5 nitrogen and oxygen atoms in total. The molecule has 0 radical (unpaired) electrons. The Bertz CT molecular complexity index is 396. The summed E-state index contributed by atoms with van der Waals surface area (Å²) in [6.07, 6.45) is 0. The molecule has 0 aliphatic carbocycles. The summed E-state index contributed by atoms with van der Waals surface area (Å²) in [5.74, 6) is 0. The molecule has 1 aromatic carbocycles. The molecular weight excluding hydrogens is 269 g/mol. The predicted molar refractivity (Wildman–Crippen MR) is 70.3 cm³/mol. The second kappa shape index (κ2) is 8.46. The van der Waals surface area contributed by atoms with E-state index in [1.54, 1.807) is 6.92 Å². The van der Waals surface area contributed by atoms with Crippen molar-refractivity contribution in [2.24, 2.45) is 0 Å². The Morgan fingerprint density at radius 2 is 1.84 bits per heavy atom. The maximum absolute atomic E-state index is 11.1. The van der Waals surface area contributed by atoms with Crippen molar-refractivity contribution in [3.05, 3.63) is 51.3 Å². The van der Waals surface area contributed by atoms with Crippen LogP contribution in [0.1, 0.15) is 18.5 Å². The molecule has 1 heterocycles.